The molecule has 1 aromatic rings. The zero-order valence-corrected chi connectivity index (χ0v) is 14.9. The van der Waals surface area contributed by atoms with Crippen LogP contribution in [0.2, 0.25) is 16.6 Å². The lowest BCUT2D eigenvalue weighted by Gasteiger charge is -2.42. The SMILES string of the molecule is CC(C)[Si](c1sc(Br)cc1F)(C(C)C)C(C)C. The average Bonchev–Trinajstić information content (AvgIpc) is 2.44. The summed E-state index contributed by atoms with van der Waals surface area (Å²) in [5, 5.41) is 0. The molecule has 0 atom stereocenters. The van der Waals surface area contributed by atoms with Crippen LogP contribution in [0.3, 0.4) is 0 Å². The minimum Gasteiger partial charge on any atom is -0.206 e. The van der Waals surface area contributed by atoms with Crippen LogP contribution in [0.25, 0.3) is 0 Å². The lowest BCUT2D eigenvalue weighted by Crippen LogP contribution is -2.55. The van der Waals surface area contributed by atoms with Crippen molar-refractivity contribution in [1.82, 2.24) is 0 Å². The average molecular weight is 337 g/mol. The van der Waals surface area contributed by atoms with E-state index in [-0.39, 0.29) is 5.82 Å². The van der Waals surface area contributed by atoms with Crippen molar-refractivity contribution in [2.24, 2.45) is 0 Å². The molecule has 1 aromatic heterocycles. The van der Waals surface area contributed by atoms with Crippen LogP contribution in [-0.2, 0) is 0 Å². The topological polar surface area (TPSA) is 0 Å². The number of thiophene rings is 1. The molecule has 0 spiro atoms. The highest BCUT2D eigenvalue weighted by molar-refractivity contribution is 9.11. The van der Waals surface area contributed by atoms with E-state index in [1.807, 2.05) is 0 Å². The third-order valence-corrected chi connectivity index (χ3v) is 13.5. The number of hydrogen-bond acceptors (Lipinski definition) is 1. The number of hydrogen-bond donors (Lipinski definition) is 0. The number of rotatable bonds is 4. The summed E-state index contributed by atoms with van der Waals surface area (Å²) >= 11 is 5.03. The molecule has 0 aromatic carbocycles. The smallest absolute Gasteiger partial charge is 0.134 e. The van der Waals surface area contributed by atoms with Gasteiger partial charge >= 0.3 is 0 Å². The fourth-order valence-electron chi connectivity index (χ4n) is 3.42. The normalized spacial score (nSPS) is 13.1. The first-order valence-electron chi connectivity index (χ1n) is 6.19. The Morgan fingerprint density at radius 3 is 1.71 bits per heavy atom. The van der Waals surface area contributed by atoms with Gasteiger partial charge in [0.25, 0.3) is 0 Å². The van der Waals surface area contributed by atoms with E-state index in [1.54, 1.807) is 17.4 Å². The van der Waals surface area contributed by atoms with Gasteiger partial charge in [-0.05, 0) is 38.6 Å². The first-order chi connectivity index (χ1) is 7.74. The zero-order chi connectivity index (χ0) is 13.4. The Labute approximate surface area is 118 Å². The molecule has 0 N–H and O–H groups in total. The van der Waals surface area contributed by atoms with Gasteiger partial charge < -0.3 is 0 Å². The Kier molecular flexibility index (Phi) is 5.01. The molecule has 0 aliphatic carbocycles. The second kappa shape index (κ2) is 5.53. The van der Waals surface area contributed by atoms with E-state index in [4.69, 9.17) is 0 Å². The van der Waals surface area contributed by atoms with Crippen molar-refractivity contribution in [2.75, 3.05) is 0 Å². The summed E-state index contributed by atoms with van der Waals surface area (Å²) in [5.41, 5.74) is 1.67. The first kappa shape index (κ1) is 15.4. The van der Waals surface area contributed by atoms with Crippen LogP contribution in [0.4, 0.5) is 4.39 Å². The molecule has 0 unspecified atom stereocenters. The second-order valence-corrected chi connectivity index (χ2v) is 14.2. The van der Waals surface area contributed by atoms with E-state index >= 15 is 0 Å². The zero-order valence-electron chi connectivity index (χ0n) is 11.5. The van der Waals surface area contributed by atoms with E-state index in [1.165, 1.54) is 0 Å². The largest absolute Gasteiger partial charge is 0.206 e. The molecule has 0 radical (unpaired) electrons. The van der Waals surface area contributed by atoms with Crippen molar-refractivity contribution < 1.29 is 4.39 Å². The number of halogens is 2. The van der Waals surface area contributed by atoms with Crippen LogP contribution in [0.5, 0.6) is 0 Å². The molecule has 4 heteroatoms. The van der Waals surface area contributed by atoms with Gasteiger partial charge in [-0.15, -0.1) is 11.3 Å². The third kappa shape index (κ3) is 2.54. The van der Waals surface area contributed by atoms with Crippen LogP contribution >= 0.6 is 27.3 Å². The summed E-state index contributed by atoms with van der Waals surface area (Å²) in [4.78, 5) is 0. The van der Waals surface area contributed by atoms with Gasteiger partial charge in [-0.3, -0.25) is 0 Å². The van der Waals surface area contributed by atoms with Crippen molar-refractivity contribution >= 4 is 39.8 Å². The van der Waals surface area contributed by atoms with Gasteiger partial charge in [-0.2, -0.15) is 0 Å². The summed E-state index contributed by atoms with van der Waals surface area (Å²) in [6.45, 7) is 13.6. The Hall–Kier alpha value is 0.327. The van der Waals surface area contributed by atoms with E-state index in [2.05, 4.69) is 57.5 Å². The Morgan fingerprint density at radius 2 is 1.47 bits per heavy atom. The van der Waals surface area contributed by atoms with E-state index in [0.29, 0.717) is 16.6 Å². The van der Waals surface area contributed by atoms with Crippen molar-refractivity contribution in [3.63, 3.8) is 0 Å². The van der Waals surface area contributed by atoms with Crippen molar-refractivity contribution in [3.8, 4) is 0 Å². The summed E-state index contributed by atoms with van der Waals surface area (Å²) < 4.78 is 16.2. The van der Waals surface area contributed by atoms with Crippen LogP contribution in [0, 0.1) is 5.82 Å². The minimum atomic E-state index is -1.81. The predicted molar refractivity (Wildman–Crippen MR) is 82.7 cm³/mol. The van der Waals surface area contributed by atoms with Gasteiger partial charge in [0.15, 0.2) is 0 Å². The van der Waals surface area contributed by atoms with E-state index in [9.17, 15) is 4.39 Å². The molecule has 0 fully saturated rings. The van der Waals surface area contributed by atoms with Gasteiger partial charge in [-0.1, -0.05) is 41.5 Å². The first-order valence-corrected chi connectivity index (χ1v) is 10.0. The molecule has 98 valence electrons. The molecular weight excluding hydrogens is 315 g/mol. The predicted octanol–water partition coefficient (Wildman–Crippen LogP) is 5.54. The maximum Gasteiger partial charge on any atom is 0.134 e. The third-order valence-electron chi connectivity index (χ3n) is 3.92. The molecule has 1 heterocycles. The van der Waals surface area contributed by atoms with E-state index in [0.717, 1.165) is 8.29 Å². The van der Waals surface area contributed by atoms with Gasteiger partial charge in [-0.25, -0.2) is 4.39 Å². The summed E-state index contributed by atoms with van der Waals surface area (Å²) in [5.74, 6) is 0.00430. The Morgan fingerprint density at radius 1 is 1.06 bits per heavy atom. The van der Waals surface area contributed by atoms with Gasteiger partial charge in [0.2, 0.25) is 0 Å². The van der Waals surface area contributed by atoms with Crippen LogP contribution in [-0.4, -0.2) is 8.07 Å². The second-order valence-electron chi connectivity index (χ2n) is 5.62. The summed E-state index contributed by atoms with van der Waals surface area (Å²) in [6.07, 6.45) is 0. The van der Waals surface area contributed by atoms with Crippen LogP contribution < -0.4 is 4.50 Å². The quantitative estimate of drug-likeness (QED) is 0.633. The standard InChI is InChI=1S/C13H22BrFSSi/c1-8(2)17(9(3)4,10(5)6)13-11(15)7-12(14)16-13/h7-10H,1-6H3. The molecule has 0 saturated heterocycles. The highest BCUT2D eigenvalue weighted by atomic mass is 79.9. The van der Waals surface area contributed by atoms with Crippen molar-refractivity contribution in [1.29, 1.82) is 0 Å². The Bertz CT molecular complexity index is 363. The molecular formula is C13H22BrFSSi. The van der Waals surface area contributed by atoms with Gasteiger partial charge in [0, 0.05) is 4.50 Å². The van der Waals surface area contributed by atoms with E-state index < -0.39 is 8.07 Å². The Balaban J connectivity index is 3.47. The maximum atomic E-state index is 14.2. The minimum absolute atomic E-state index is 0.00430. The summed E-state index contributed by atoms with van der Waals surface area (Å²) in [7, 11) is -1.81. The summed E-state index contributed by atoms with van der Waals surface area (Å²) in [6, 6.07) is 1.63. The molecule has 0 aliphatic rings. The highest BCUT2D eigenvalue weighted by Gasteiger charge is 2.47. The molecule has 1 rings (SSSR count). The van der Waals surface area contributed by atoms with Gasteiger partial charge in [0.1, 0.15) is 13.9 Å². The molecule has 0 bridgehead atoms. The van der Waals surface area contributed by atoms with Crippen LogP contribution in [0.15, 0.2) is 9.85 Å². The fourth-order valence-corrected chi connectivity index (χ4v) is 14.3. The maximum absolute atomic E-state index is 14.2. The van der Waals surface area contributed by atoms with Crippen LogP contribution in [0.1, 0.15) is 41.5 Å². The molecule has 0 aliphatic heterocycles. The molecule has 0 amide bonds. The monoisotopic (exact) mass is 336 g/mol. The molecule has 0 nitrogen and oxygen atoms in total. The lowest BCUT2D eigenvalue weighted by molar-refractivity contribution is 0.636. The lowest BCUT2D eigenvalue weighted by atomic mass is 10.5. The van der Waals surface area contributed by atoms with Crippen molar-refractivity contribution in [2.45, 2.75) is 58.2 Å². The van der Waals surface area contributed by atoms with Crippen molar-refractivity contribution in [3.05, 3.63) is 15.7 Å². The molecule has 17 heavy (non-hydrogen) atoms. The highest BCUT2D eigenvalue weighted by Crippen LogP contribution is 2.43. The van der Waals surface area contributed by atoms with Gasteiger partial charge in [0.05, 0.1) is 3.79 Å². The molecule has 0 saturated carbocycles. The fraction of sp³-hybridized carbons (Fsp3) is 0.692.